The van der Waals surface area contributed by atoms with Crippen LogP contribution in [-0.4, -0.2) is 23.1 Å². The van der Waals surface area contributed by atoms with Crippen LogP contribution in [0, 0.1) is 0 Å². The van der Waals surface area contributed by atoms with E-state index < -0.39 is 18.0 Å². The summed E-state index contributed by atoms with van der Waals surface area (Å²) in [7, 11) is 0. The topological polar surface area (TPSA) is 89.6 Å². The van der Waals surface area contributed by atoms with Crippen LogP contribution in [0.15, 0.2) is 30.3 Å². The molecule has 0 amide bonds. The number of ether oxygens (including phenoxy) is 1. The molecule has 1 rings (SSSR count). The molecule has 0 saturated carbocycles. The fourth-order valence-electron chi connectivity index (χ4n) is 1.08. The van der Waals surface area contributed by atoms with E-state index in [1.54, 1.807) is 30.3 Å². The van der Waals surface area contributed by atoms with Gasteiger partial charge in [0, 0.05) is 6.42 Å². The third-order valence-electron chi connectivity index (χ3n) is 1.93. The van der Waals surface area contributed by atoms with Crippen molar-refractivity contribution >= 4 is 11.9 Å². The molecule has 86 valence electrons. The van der Waals surface area contributed by atoms with Crippen molar-refractivity contribution in [1.29, 1.82) is 0 Å². The monoisotopic (exact) mass is 223 g/mol. The molecule has 0 spiro atoms. The van der Waals surface area contributed by atoms with Crippen LogP contribution in [0.2, 0.25) is 0 Å². The second-order valence-corrected chi connectivity index (χ2v) is 3.27. The number of carbonyl (C=O) groups excluding carboxylic acids is 1. The lowest BCUT2D eigenvalue weighted by Crippen LogP contribution is -2.34. The minimum absolute atomic E-state index is 0.0704. The van der Waals surface area contributed by atoms with Gasteiger partial charge in [-0.2, -0.15) is 0 Å². The van der Waals surface area contributed by atoms with Crippen LogP contribution >= 0.6 is 0 Å². The van der Waals surface area contributed by atoms with Crippen molar-refractivity contribution in [1.82, 2.24) is 0 Å². The molecule has 1 unspecified atom stereocenters. The van der Waals surface area contributed by atoms with E-state index in [2.05, 4.69) is 0 Å². The Morgan fingerprint density at radius 2 is 1.94 bits per heavy atom. The van der Waals surface area contributed by atoms with Crippen molar-refractivity contribution in [2.75, 3.05) is 0 Å². The first-order valence-corrected chi connectivity index (χ1v) is 4.83. The summed E-state index contributed by atoms with van der Waals surface area (Å²) >= 11 is 0. The Labute approximate surface area is 92.8 Å². The Morgan fingerprint density at radius 3 is 2.50 bits per heavy atom. The Hall–Kier alpha value is -1.88. The summed E-state index contributed by atoms with van der Waals surface area (Å²) < 4.78 is 4.95. The van der Waals surface area contributed by atoms with Crippen molar-refractivity contribution < 1.29 is 19.4 Å². The fraction of sp³-hybridized carbons (Fsp3) is 0.273. The summed E-state index contributed by atoms with van der Waals surface area (Å²) in [6.45, 7) is 0. The maximum atomic E-state index is 11.4. The van der Waals surface area contributed by atoms with Gasteiger partial charge in [-0.3, -0.25) is 4.79 Å². The average molecular weight is 223 g/mol. The van der Waals surface area contributed by atoms with E-state index in [0.717, 1.165) is 0 Å². The maximum absolute atomic E-state index is 11.4. The van der Waals surface area contributed by atoms with Crippen LogP contribution in [0.3, 0.4) is 0 Å². The number of benzene rings is 1. The van der Waals surface area contributed by atoms with Gasteiger partial charge in [0.1, 0.15) is 11.8 Å². The third kappa shape index (κ3) is 4.10. The Morgan fingerprint density at radius 1 is 1.31 bits per heavy atom. The zero-order chi connectivity index (χ0) is 12.0. The number of carbonyl (C=O) groups is 2. The van der Waals surface area contributed by atoms with Crippen molar-refractivity contribution in [3.8, 4) is 5.75 Å². The Bertz CT molecular complexity index is 364. The number of hydrogen-bond acceptors (Lipinski definition) is 4. The van der Waals surface area contributed by atoms with E-state index in [1.165, 1.54) is 0 Å². The van der Waals surface area contributed by atoms with Crippen molar-refractivity contribution in [3.63, 3.8) is 0 Å². The van der Waals surface area contributed by atoms with Gasteiger partial charge in [-0.05, 0) is 18.6 Å². The van der Waals surface area contributed by atoms with E-state index in [1.807, 2.05) is 0 Å². The van der Waals surface area contributed by atoms with Crippen LogP contribution < -0.4 is 10.5 Å². The SMILES string of the molecule is NC(CCC(=O)O)C(=O)Oc1ccccc1. The summed E-state index contributed by atoms with van der Waals surface area (Å²) in [5.74, 6) is -1.20. The molecule has 0 radical (unpaired) electrons. The molecule has 5 heteroatoms. The quantitative estimate of drug-likeness (QED) is 0.568. The standard InChI is InChI=1S/C11H13NO4/c12-9(6-7-10(13)14)11(15)16-8-4-2-1-3-5-8/h1-5,9H,6-7,12H2,(H,13,14). The van der Waals surface area contributed by atoms with Gasteiger partial charge in [0.2, 0.25) is 0 Å². The van der Waals surface area contributed by atoms with Crippen LogP contribution in [0.5, 0.6) is 5.75 Å². The maximum Gasteiger partial charge on any atom is 0.328 e. The summed E-state index contributed by atoms with van der Waals surface area (Å²) in [5, 5.41) is 8.43. The fourth-order valence-corrected chi connectivity index (χ4v) is 1.08. The zero-order valence-electron chi connectivity index (χ0n) is 8.63. The van der Waals surface area contributed by atoms with Crippen LogP contribution in [0.1, 0.15) is 12.8 Å². The number of rotatable bonds is 5. The van der Waals surface area contributed by atoms with E-state index >= 15 is 0 Å². The Kier molecular flexibility index (Phi) is 4.47. The molecule has 1 atom stereocenters. The van der Waals surface area contributed by atoms with Gasteiger partial charge in [-0.25, -0.2) is 4.79 Å². The molecular formula is C11H13NO4. The van der Waals surface area contributed by atoms with E-state index in [9.17, 15) is 9.59 Å². The molecule has 0 saturated heterocycles. The molecule has 0 bridgehead atoms. The van der Waals surface area contributed by atoms with Gasteiger partial charge in [0.25, 0.3) is 0 Å². The first-order valence-electron chi connectivity index (χ1n) is 4.83. The summed E-state index contributed by atoms with van der Waals surface area (Å²) in [6, 6.07) is 7.60. The molecule has 0 fully saturated rings. The molecule has 1 aromatic carbocycles. The van der Waals surface area contributed by atoms with Gasteiger partial charge in [-0.15, -0.1) is 0 Å². The number of carboxylic acid groups (broad SMARTS) is 1. The predicted octanol–water partition coefficient (Wildman–Crippen LogP) is 0.784. The van der Waals surface area contributed by atoms with E-state index in [4.69, 9.17) is 15.6 Å². The van der Waals surface area contributed by atoms with E-state index in [-0.39, 0.29) is 12.8 Å². The largest absolute Gasteiger partial charge is 0.481 e. The molecule has 0 aliphatic carbocycles. The van der Waals surface area contributed by atoms with E-state index in [0.29, 0.717) is 5.75 Å². The van der Waals surface area contributed by atoms with Gasteiger partial charge in [-0.1, -0.05) is 18.2 Å². The minimum Gasteiger partial charge on any atom is -0.481 e. The number of nitrogens with two attached hydrogens (primary N) is 1. The number of aliphatic carboxylic acids is 1. The number of carboxylic acids is 1. The van der Waals surface area contributed by atoms with Crippen LogP contribution in [-0.2, 0) is 9.59 Å². The molecule has 0 aromatic heterocycles. The zero-order valence-corrected chi connectivity index (χ0v) is 8.63. The molecule has 0 heterocycles. The summed E-state index contributed by atoms with van der Waals surface area (Å²) in [4.78, 5) is 21.7. The highest BCUT2D eigenvalue weighted by molar-refractivity contribution is 5.78. The molecule has 16 heavy (non-hydrogen) atoms. The third-order valence-corrected chi connectivity index (χ3v) is 1.93. The van der Waals surface area contributed by atoms with Crippen molar-refractivity contribution in [2.24, 2.45) is 5.73 Å². The lowest BCUT2D eigenvalue weighted by molar-refractivity contribution is -0.138. The minimum atomic E-state index is -0.983. The second kappa shape index (κ2) is 5.87. The number of hydrogen-bond donors (Lipinski definition) is 2. The first-order chi connectivity index (χ1) is 7.59. The highest BCUT2D eigenvalue weighted by atomic mass is 16.5. The smallest absolute Gasteiger partial charge is 0.328 e. The van der Waals surface area contributed by atoms with Crippen LogP contribution in [0.4, 0.5) is 0 Å². The Balaban J connectivity index is 2.43. The molecule has 1 aromatic rings. The highest BCUT2D eigenvalue weighted by Crippen LogP contribution is 2.09. The van der Waals surface area contributed by atoms with Gasteiger partial charge < -0.3 is 15.6 Å². The highest BCUT2D eigenvalue weighted by Gasteiger charge is 2.16. The predicted molar refractivity (Wildman–Crippen MR) is 56.9 cm³/mol. The van der Waals surface area contributed by atoms with Gasteiger partial charge >= 0.3 is 11.9 Å². The number of esters is 1. The average Bonchev–Trinajstić information content (AvgIpc) is 2.27. The lowest BCUT2D eigenvalue weighted by Gasteiger charge is -2.09. The van der Waals surface area contributed by atoms with Crippen molar-refractivity contribution in [2.45, 2.75) is 18.9 Å². The van der Waals surface area contributed by atoms with Gasteiger partial charge in [0.05, 0.1) is 0 Å². The molecule has 5 nitrogen and oxygen atoms in total. The molecule has 0 aliphatic rings. The molecule has 0 aliphatic heterocycles. The summed E-state index contributed by atoms with van der Waals surface area (Å²) in [6.07, 6.45) is -0.0773. The molecular weight excluding hydrogens is 210 g/mol. The number of para-hydroxylation sites is 1. The van der Waals surface area contributed by atoms with Gasteiger partial charge in [0.15, 0.2) is 0 Å². The van der Waals surface area contributed by atoms with Crippen LogP contribution in [0.25, 0.3) is 0 Å². The molecule has 3 N–H and O–H groups in total. The summed E-state index contributed by atoms with van der Waals surface area (Å²) in [5.41, 5.74) is 5.48. The first kappa shape index (κ1) is 12.2. The lowest BCUT2D eigenvalue weighted by atomic mass is 10.2. The normalized spacial score (nSPS) is 11.8. The second-order valence-electron chi connectivity index (χ2n) is 3.27. The van der Waals surface area contributed by atoms with Crippen molar-refractivity contribution in [3.05, 3.63) is 30.3 Å².